The van der Waals surface area contributed by atoms with Crippen molar-refractivity contribution in [3.8, 4) is 22.8 Å². The predicted octanol–water partition coefficient (Wildman–Crippen LogP) is 5.67. The van der Waals surface area contributed by atoms with E-state index in [0.29, 0.717) is 27.1 Å². The molecule has 0 aliphatic rings. The van der Waals surface area contributed by atoms with Gasteiger partial charge in [-0.3, -0.25) is 4.79 Å². The number of para-hydroxylation sites is 1. The Balaban J connectivity index is 1.57. The molecule has 160 valence electrons. The fourth-order valence-electron chi connectivity index (χ4n) is 3.01. The molecule has 0 amide bonds. The number of carboxylic acid groups (broad SMARTS) is 2. The highest BCUT2D eigenvalue weighted by molar-refractivity contribution is 7.16. The van der Waals surface area contributed by atoms with Crippen LogP contribution in [0, 0.1) is 0 Å². The summed E-state index contributed by atoms with van der Waals surface area (Å²) in [5.41, 5.74) is 2.18. The zero-order chi connectivity index (χ0) is 22.5. The lowest BCUT2D eigenvalue weighted by Crippen LogP contribution is -1.99. The van der Waals surface area contributed by atoms with Crippen molar-refractivity contribution < 1.29 is 24.5 Å². The minimum atomic E-state index is -1.00. The van der Waals surface area contributed by atoms with Crippen molar-refractivity contribution in [2.45, 2.75) is 6.42 Å². The third kappa shape index (κ3) is 5.11. The van der Waals surface area contributed by atoms with Crippen LogP contribution in [0.4, 0.5) is 10.8 Å². The molecule has 3 aromatic carbocycles. The minimum absolute atomic E-state index is 0.158. The van der Waals surface area contributed by atoms with Crippen LogP contribution in [-0.2, 0) is 11.2 Å². The molecule has 0 radical (unpaired) electrons. The van der Waals surface area contributed by atoms with Gasteiger partial charge < -0.3 is 20.3 Å². The Hall–Kier alpha value is -4.17. The number of benzene rings is 3. The van der Waals surface area contributed by atoms with Gasteiger partial charge in [-0.2, -0.15) is 0 Å². The molecule has 0 atom stereocenters. The van der Waals surface area contributed by atoms with Crippen LogP contribution < -0.4 is 10.1 Å². The molecule has 3 N–H and O–H groups in total. The Morgan fingerprint density at radius 1 is 0.875 bits per heavy atom. The molecule has 0 fully saturated rings. The lowest BCUT2D eigenvalue weighted by molar-refractivity contribution is -0.136. The number of aromatic carboxylic acids is 1. The van der Waals surface area contributed by atoms with Crippen LogP contribution in [0.2, 0.25) is 0 Å². The van der Waals surface area contributed by atoms with Gasteiger partial charge in [0.1, 0.15) is 11.5 Å². The highest BCUT2D eigenvalue weighted by atomic mass is 32.1. The van der Waals surface area contributed by atoms with Gasteiger partial charge in [-0.15, -0.1) is 11.3 Å². The Labute approximate surface area is 187 Å². The van der Waals surface area contributed by atoms with E-state index < -0.39 is 11.9 Å². The predicted molar refractivity (Wildman–Crippen MR) is 122 cm³/mol. The number of ether oxygens (including phenoxy) is 1. The standard InChI is InChI=1S/C24H18N2O5S/c27-21(28)14-20-22(15-8-12-19(13-9-15)31-18-4-2-1-3-5-18)26-24(32-20)25-17-10-6-16(7-11-17)23(29)30/h1-13H,14H2,(H,25,26)(H,27,28)(H,29,30). The molecule has 0 aliphatic carbocycles. The van der Waals surface area contributed by atoms with Crippen molar-refractivity contribution in [3.05, 3.63) is 89.3 Å². The fraction of sp³-hybridized carbons (Fsp3) is 0.0417. The summed E-state index contributed by atoms with van der Waals surface area (Å²) in [7, 11) is 0. The summed E-state index contributed by atoms with van der Waals surface area (Å²) in [6.45, 7) is 0. The molecule has 32 heavy (non-hydrogen) atoms. The number of nitrogens with one attached hydrogen (secondary N) is 1. The summed E-state index contributed by atoms with van der Waals surface area (Å²) in [5.74, 6) is -0.569. The second-order valence-electron chi connectivity index (χ2n) is 6.81. The van der Waals surface area contributed by atoms with E-state index in [1.54, 1.807) is 12.1 Å². The van der Waals surface area contributed by atoms with Gasteiger partial charge >= 0.3 is 11.9 Å². The largest absolute Gasteiger partial charge is 0.481 e. The summed E-state index contributed by atoms with van der Waals surface area (Å²) in [6.07, 6.45) is -0.158. The number of anilines is 2. The zero-order valence-electron chi connectivity index (χ0n) is 16.7. The van der Waals surface area contributed by atoms with Gasteiger partial charge in [0.05, 0.1) is 17.7 Å². The molecule has 4 rings (SSSR count). The first-order valence-electron chi connectivity index (χ1n) is 9.63. The molecular formula is C24H18N2O5S. The number of carboxylic acids is 2. The van der Waals surface area contributed by atoms with E-state index in [4.69, 9.17) is 9.84 Å². The lowest BCUT2D eigenvalue weighted by Gasteiger charge is -2.06. The van der Waals surface area contributed by atoms with Crippen molar-refractivity contribution in [2.75, 3.05) is 5.32 Å². The van der Waals surface area contributed by atoms with Gasteiger partial charge in [-0.05, 0) is 60.7 Å². The van der Waals surface area contributed by atoms with E-state index in [1.807, 2.05) is 54.6 Å². The van der Waals surface area contributed by atoms with Crippen LogP contribution in [0.15, 0.2) is 78.9 Å². The molecule has 7 nitrogen and oxygen atoms in total. The van der Waals surface area contributed by atoms with Crippen LogP contribution in [-0.4, -0.2) is 27.1 Å². The number of rotatable bonds is 8. The number of thiazole rings is 1. The quantitative estimate of drug-likeness (QED) is 0.320. The summed E-state index contributed by atoms with van der Waals surface area (Å²) in [5, 5.41) is 22.0. The normalized spacial score (nSPS) is 10.5. The van der Waals surface area contributed by atoms with Gasteiger partial charge in [0.25, 0.3) is 0 Å². The summed E-state index contributed by atoms with van der Waals surface area (Å²) in [4.78, 5) is 27.6. The monoisotopic (exact) mass is 446 g/mol. The van der Waals surface area contributed by atoms with E-state index >= 15 is 0 Å². The molecule has 0 spiro atoms. The Morgan fingerprint density at radius 3 is 2.16 bits per heavy atom. The lowest BCUT2D eigenvalue weighted by atomic mass is 10.1. The molecule has 4 aromatic rings. The minimum Gasteiger partial charge on any atom is -0.481 e. The fourth-order valence-corrected chi connectivity index (χ4v) is 4.01. The third-order valence-electron chi connectivity index (χ3n) is 4.50. The smallest absolute Gasteiger partial charge is 0.335 e. The van der Waals surface area contributed by atoms with Crippen LogP contribution in [0.25, 0.3) is 11.3 Å². The molecule has 0 unspecified atom stereocenters. The topological polar surface area (TPSA) is 109 Å². The number of hydrogen-bond acceptors (Lipinski definition) is 6. The van der Waals surface area contributed by atoms with E-state index in [0.717, 1.165) is 11.3 Å². The Bertz CT molecular complexity index is 1240. The third-order valence-corrected chi connectivity index (χ3v) is 5.47. The number of aliphatic carboxylic acids is 1. The Morgan fingerprint density at radius 2 is 1.53 bits per heavy atom. The van der Waals surface area contributed by atoms with Gasteiger partial charge in [-0.25, -0.2) is 9.78 Å². The summed E-state index contributed by atoms with van der Waals surface area (Å²) < 4.78 is 5.81. The number of hydrogen-bond donors (Lipinski definition) is 3. The van der Waals surface area contributed by atoms with Gasteiger partial charge in [0.15, 0.2) is 5.13 Å². The first kappa shape index (κ1) is 21.1. The maximum atomic E-state index is 11.4. The maximum Gasteiger partial charge on any atom is 0.335 e. The molecule has 8 heteroatoms. The second-order valence-corrected chi connectivity index (χ2v) is 7.89. The van der Waals surface area contributed by atoms with Gasteiger partial charge in [0, 0.05) is 16.1 Å². The van der Waals surface area contributed by atoms with Gasteiger partial charge in [0.2, 0.25) is 0 Å². The van der Waals surface area contributed by atoms with Crippen molar-refractivity contribution in [1.29, 1.82) is 0 Å². The molecule has 1 heterocycles. The SMILES string of the molecule is O=C(O)Cc1sc(Nc2ccc(C(=O)O)cc2)nc1-c1ccc(Oc2ccccc2)cc1. The summed E-state index contributed by atoms with van der Waals surface area (Å²) in [6, 6.07) is 23.0. The first-order chi connectivity index (χ1) is 15.5. The van der Waals surface area contributed by atoms with E-state index in [9.17, 15) is 14.7 Å². The number of nitrogens with zero attached hydrogens (tertiary/aromatic N) is 1. The van der Waals surface area contributed by atoms with Crippen LogP contribution in [0.1, 0.15) is 15.2 Å². The maximum absolute atomic E-state index is 11.4. The first-order valence-corrected chi connectivity index (χ1v) is 10.4. The van der Waals surface area contributed by atoms with E-state index in [2.05, 4.69) is 10.3 Å². The summed E-state index contributed by atoms with van der Waals surface area (Å²) >= 11 is 1.24. The van der Waals surface area contributed by atoms with Crippen LogP contribution in [0.5, 0.6) is 11.5 Å². The van der Waals surface area contributed by atoms with E-state index in [-0.39, 0.29) is 12.0 Å². The molecule has 1 aromatic heterocycles. The highest BCUT2D eigenvalue weighted by Crippen LogP contribution is 2.34. The van der Waals surface area contributed by atoms with Crippen molar-refractivity contribution >= 4 is 34.1 Å². The molecular weight excluding hydrogens is 428 g/mol. The van der Waals surface area contributed by atoms with E-state index in [1.165, 1.54) is 23.5 Å². The zero-order valence-corrected chi connectivity index (χ0v) is 17.5. The van der Waals surface area contributed by atoms with Crippen molar-refractivity contribution in [1.82, 2.24) is 4.98 Å². The van der Waals surface area contributed by atoms with Crippen LogP contribution >= 0.6 is 11.3 Å². The van der Waals surface area contributed by atoms with Crippen molar-refractivity contribution in [2.24, 2.45) is 0 Å². The van der Waals surface area contributed by atoms with Crippen molar-refractivity contribution in [3.63, 3.8) is 0 Å². The Kier molecular flexibility index (Phi) is 6.14. The number of aromatic nitrogens is 1. The van der Waals surface area contributed by atoms with Gasteiger partial charge in [-0.1, -0.05) is 18.2 Å². The average molecular weight is 446 g/mol. The molecule has 0 saturated heterocycles. The average Bonchev–Trinajstić information content (AvgIpc) is 3.16. The number of carbonyl (C=O) groups is 2. The molecule has 0 aliphatic heterocycles. The molecule has 0 saturated carbocycles. The highest BCUT2D eigenvalue weighted by Gasteiger charge is 2.16. The van der Waals surface area contributed by atoms with Crippen LogP contribution in [0.3, 0.4) is 0 Å². The molecule has 0 bridgehead atoms. The second kappa shape index (κ2) is 9.32.